The monoisotopic (exact) mass is 328 g/mol. The van der Waals surface area contributed by atoms with Crippen molar-refractivity contribution in [2.24, 2.45) is 5.92 Å². The summed E-state index contributed by atoms with van der Waals surface area (Å²) in [6.45, 7) is 1.98. The third kappa shape index (κ3) is 2.48. The maximum Gasteiger partial charge on any atom is 0.274 e. The second-order valence-corrected chi connectivity index (χ2v) is 7.76. The molecule has 3 fully saturated rings. The Balaban J connectivity index is 1.71. The minimum absolute atomic E-state index is 0.0181. The van der Waals surface area contributed by atoms with Crippen LogP contribution in [0.1, 0.15) is 34.8 Å². The number of aliphatic hydroxyl groups excluding tert-OH is 1. The van der Waals surface area contributed by atoms with Gasteiger partial charge in [0.1, 0.15) is 5.69 Å². The van der Waals surface area contributed by atoms with E-state index in [4.69, 9.17) is 0 Å². The van der Waals surface area contributed by atoms with Gasteiger partial charge in [0, 0.05) is 6.04 Å². The molecule has 1 saturated carbocycles. The molecule has 120 valence electrons. The number of fused-ring (bicyclic) bond motifs is 2. The molecule has 5 heteroatoms. The quantitative estimate of drug-likeness (QED) is 0.942. The molecule has 1 N–H and O–H groups in total. The summed E-state index contributed by atoms with van der Waals surface area (Å²) in [5.74, 6) is 0.669. The van der Waals surface area contributed by atoms with Crippen LogP contribution < -0.4 is 0 Å². The van der Waals surface area contributed by atoms with E-state index in [1.807, 2.05) is 42.2 Å². The zero-order chi connectivity index (χ0) is 16.0. The first kappa shape index (κ1) is 14.8. The molecule has 3 aliphatic rings. The van der Waals surface area contributed by atoms with Crippen LogP contribution in [0, 0.1) is 12.8 Å². The minimum atomic E-state index is -0.0503. The highest BCUT2D eigenvalue weighted by Crippen LogP contribution is 2.44. The highest BCUT2D eigenvalue weighted by Gasteiger charge is 2.46. The zero-order valence-corrected chi connectivity index (χ0v) is 13.9. The summed E-state index contributed by atoms with van der Waals surface area (Å²) in [6.07, 6.45) is 3.07. The summed E-state index contributed by atoms with van der Waals surface area (Å²) >= 11 is 1.56. The summed E-state index contributed by atoms with van der Waals surface area (Å²) < 4.78 is 0. The van der Waals surface area contributed by atoms with Crippen LogP contribution in [0.25, 0.3) is 10.4 Å². The summed E-state index contributed by atoms with van der Waals surface area (Å²) in [5, 5.41) is 10.6. The Bertz CT molecular complexity index is 722. The molecule has 1 amide bonds. The minimum Gasteiger partial charge on any atom is -0.394 e. The highest BCUT2D eigenvalue weighted by molar-refractivity contribution is 7.15. The number of hydrogen-bond acceptors (Lipinski definition) is 4. The average Bonchev–Trinajstić information content (AvgIpc) is 2.95. The molecule has 1 unspecified atom stereocenters. The van der Waals surface area contributed by atoms with Crippen LogP contribution in [0.4, 0.5) is 0 Å². The second kappa shape index (κ2) is 5.73. The van der Waals surface area contributed by atoms with Crippen LogP contribution in [-0.2, 0) is 0 Å². The van der Waals surface area contributed by atoms with E-state index < -0.39 is 0 Å². The lowest BCUT2D eigenvalue weighted by atomic mass is 9.70. The van der Waals surface area contributed by atoms with Crippen molar-refractivity contribution in [1.82, 2.24) is 9.88 Å². The smallest absolute Gasteiger partial charge is 0.274 e. The molecule has 23 heavy (non-hydrogen) atoms. The molecule has 4 nitrogen and oxygen atoms in total. The van der Waals surface area contributed by atoms with Gasteiger partial charge in [0.2, 0.25) is 0 Å². The number of carbonyl (C=O) groups is 1. The Kier molecular flexibility index (Phi) is 3.70. The van der Waals surface area contributed by atoms with Crippen LogP contribution >= 0.6 is 11.3 Å². The number of carbonyl (C=O) groups excluding carboxylic acids is 1. The van der Waals surface area contributed by atoms with E-state index in [-0.39, 0.29) is 24.6 Å². The molecule has 2 saturated heterocycles. The molecule has 5 rings (SSSR count). The Hall–Kier alpha value is -1.72. The fourth-order valence-electron chi connectivity index (χ4n) is 3.89. The number of benzene rings is 1. The van der Waals surface area contributed by atoms with E-state index in [1.165, 1.54) is 0 Å². The SMILES string of the molecule is Cc1nc(C(=O)N2C(CO)CC3CC2C3)c(-c2ccccc2)s1. The number of piperidine rings is 2. The van der Waals surface area contributed by atoms with E-state index in [0.717, 1.165) is 34.7 Å². The van der Waals surface area contributed by atoms with Crippen molar-refractivity contribution in [2.75, 3.05) is 6.61 Å². The lowest BCUT2D eigenvalue weighted by Gasteiger charge is -2.53. The van der Waals surface area contributed by atoms with Gasteiger partial charge in [-0.3, -0.25) is 4.79 Å². The lowest BCUT2D eigenvalue weighted by Crippen LogP contribution is -2.60. The van der Waals surface area contributed by atoms with Crippen LogP contribution in [0.15, 0.2) is 30.3 Å². The summed E-state index contributed by atoms with van der Waals surface area (Å²) in [5.41, 5.74) is 1.58. The Morgan fingerprint density at radius 3 is 2.74 bits per heavy atom. The Morgan fingerprint density at radius 1 is 1.30 bits per heavy atom. The zero-order valence-electron chi connectivity index (χ0n) is 13.1. The van der Waals surface area contributed by atoms with Crippen molar-refractivity contribution in [2.45, 2.75) is 38.3 Å². The van der Waals surface area contributed by atoms with Crippen LogP contribution in [0.5, 0.6) is 0 Å². The van der Waals surface area contributed by atoms with Gasteiger partial charge >= 0.3 is 0 Å². The largest absolute Gasteiger partial charge is 0.394 e. The van der Waals surface area contributed by atoms with E-state index >= 15 is 0 Å². The highest BCUT2D eigenvalue weighted by atomic mass is 32.1. The molecule has 2 aliphatic heterocycles. The predicted octanol–water partition coefficient (Wildman–Crippen LogP) is 3.10. The summed E-state index contributed by atoms with van der Waals surface area (Å²) in [7, 11) is 0. The first-order valence-corrected chi connectivity index (χ1v) is 8.95. The van der Waals surface area contributed by atoms with Gasteiger partial charge in [-0.05, 0) is 37.7 Å². The maximum atomic E-state index is 13.2. The van der Waals surface area contributed by atoms with Gasteiger partial charge in [0.15, 0.2) is 0 Å². The molecular formula is C18H20N2O2S. The molecular weight excluding hydrogens is 308 g/mol. The fraction of sp³-hybridized carbons (Fsp3) is 0.444. The van der Waals surface area contributed by atoms with Crippen molar-refractivity contribution in [3.8, 4) is 10.4 Å². The molecule has 1 aromatic carbocycles. The topological polar surface area (TPSA) is 53.4 Å². The number of hydrogen-bond donors (Lipinski definition) is 1. The number of rotatable bonds is 3. The number of thiazole rings is 1. The molecule has 3 heterocycles. The summed E-state index contributed by atoms with van der Waals surface area (Å²) in [4.78, 5) is 20.5. The molecule has 2 bridgehead atoms. The van der Waals surface area contributed by atoms with Crippen molar-refractivity contribution in [3.63, 3.8) is 0 Å². The predicted molar refractivity (Wildman–Crippen MR) is 90.5 cm³/mol. The fourth-order valence-corrected chi connectivity index (χ4v) is 4.81. The third-order valence-corrected chi connectivity index (χ3v) is 6.04. The number of amides is 1. The number of aromatic nitrogens is 1. The number of aliphatic hydroxyl groups is 1. The normalized spacial score (nSPS) is 26.0. The average molecular weight is 328 g/mol. The number of nitrogens with zero attached hydrogens (tertiary/aromatic N) is 2. The van der Waals surface area contributed by atoms with Crippen LogP contribution in [0.3, 0.4) is 0 Å². The van der Waals surface area contributed by atoms with Crippen molar-refractivity contribution < 1.29 is 9.90 Å². The van der Waals surface area contributed by atoms with Crippen molar-refractivity contribution >= 4 is 17.2 Å². The van der Waals surface area contributed by atoms with Gasteiger partial charge in [-0.2, -0.15) is 0 Å². The van der Waals surface area contributed by atoms with E-state index in [2.05, 4.69) is 4.98 Å². The van der Waals surface area contributed by atoms with Crippen molar-refractivity contribution in [3.05, 3.63) is 41.0 Å². The molecule has 2 aromatic rings. The molecule has 0 spiro atoms. The lowest BCUT2D eigenvalue weighted by molar-refractivity contribution is -0.0341. The Labute approximate surface area is 139 Å². The number of aryl methyl sites for hydroxylation is 1. The molecule has 1 aliphatic carbocycles. The van der Waals surface area contributed by atoms with E-state index in [0.29, 0.717) is 11.6 Å². The van der Waals surface area contributed by atoms with Crippen molar-refractivity contribution in [1.29, 1.82) is 0 Å². The molecule has 1 aromatic heterocycles. The second-order valence-electron chi connectivity index (χ2n) is 6.55. The van der Waals surface area contributed by atoms with Gasteiger partial charge in [-0.1, -0.05) is 30.3 Å². The first-order chi connectivity index (χ1) is 11.2. The van der Waals surface area contributed by atoms with Gasteiger partial charge < -0.3 is 10.0 Å². The Morgan fingerprint density at radius 2 is 2.04 bits per heavy atom. The van der Waals surface area contributed by atoms with Gasteiger partial charge in [-0.15, -0.1) is 11.3 Å². The maximum absolute atomic E-state index is 13.2. The van der Waals surface area contributed by atoms with E-state index in [1.54, 1.807) is 11.3 Å². The van der Waals surface area contributed by atoms with Gasteiger partial charge in [-0.25, -0.2) is 4.98 Å². The molecule has 0 radical (unpaired) electrons. The van der Waals surface area contributed by atoms with Gasteiger partial charge in [0.25, 0.3) is 5.91 Å². The summed E-state index contributed by atoms with van der Waals surface area (Å²) in [6, 6.07) is 10.2. The standard InChI is InChI=1S/C18H20N2O2S/c1-11-19-16(17(23-11)13-5-3-2-4-6-13)18(22)20-14-7-12(8-14)9-15(20)10-21/h2-6,12,14-15,21H,7-10H2,1H3. The third-order valence-electron chi connectivity index (χ3n) is 5.02. The van der Waals surface area contributed by atoms with E-state index in [9.17, 15) is 9.90 Å². The van der Waals surface area contributed by atoms with Crippen LogP contribution in [-0.4, -0.2) is 39.6 Å². The molecule has 1 atom stereocenters. The first-order valence-electron chi connectivity index (χ1n) is 8.13. The van der Waals surface area contributed by atoms with Crippen LogP contribution in [0.2, 0.25) is 0 Å². The van der Waals surface area contributed by atoms with Gasteiger partial charge in [0.05, 0.1) is 22.5 Å².